The molecule has 5 rings (SSSR count). The topological polar surface area (TPSA) is 60.4 Å². The lowest BCUT2D eigenvalue weighted by Gasteiger charge is -1.97. The minimum atomic E-state index is -0.222. The van der Waals surface area contributed by atoms with Crippen molar-refractivity contribution in [3.8, 4) is 11.3 Å². The van der Waals surface area contributed by atoms with Crippen LogP contribution in [0.15, 0.2) is 56.2 Å². The van der Waals surface area contributed by atoms with E-state index >= 15 is 0 Å². The molecule has 0 amide bonds. The average Bonchev–Trinajstić information content (AvgIpc) is 3.16. The lowest BCUT2D eigenvalue weighted by molar-refractivity contribution is 0.571. The van der Waals surface area contributed by atoms with Gasteiger partial charge in [-0.25, -0.2) is 4.98 Å². The number of nitrogens with zero attached hydrogens (tertiary/aromatic N) is 3. The third-order valence-electron chi connectivity index (χ3n) is 5.70. The van der Waals surface area contributed by atoms with Gasteiger partial charge in [-0.1, -0.05) is 72.1 Å². The molecule has 0 saturated heterocycles. The van der Waals surface area contributed by atoms with Crippen LogP contribution in [0.1, 0.15) is 31.4 Å². The molecule has 1 fully saturated rings. The van der Waals surface area contributed by atoms with E-state index in [2.05, 4.69) is 23.9 Å². The second-order valence-electron chi connectivity index (χ2n) is 8.07. The molecule has 3 heterocycles. The van der Waals surface area contributed by atoms with Crippen LogP contribution >= 0.6 is 46.1 Å². The first-order valence-electron chi connectivity index (χ1n) is 9.54. The van der Waals surface area contributed by atoms with Crippen molar-refractivity contribution in [2.45, 2.75) is 19.8 Å². The van der Waals surface area contributed by atoms with Crippen LogP contribution in [0.5, 0.6) is 0 Å². The molecule has 2 unspecified atom stereocenters. The fourth-order valence-corrected chi connectivity index (χ4v) is 5.31. The number of hydrogen-bond donors (Lipinski definition) is 0. The standard InChI is InChI=1S/C22H16Cl3N3O2S/c1-22(2)14(10-17(24)25)18(22)19-26-21-28(27-19)20(29)16(31-21)9-13-6-7-15(30-13)11-4-3-5-12(23)8-11/h3-10,14,18H,1-2H3/b16-9+. The Labute approximate surface area is 196 Å². The van der Waals surface area contributed by atoms with Crippen molar-refractivity contribution in [1.29, 1.82) is 0 Å². The van der Waals surface area contributed by atoms with Crippen LogP contribution in [0.25, 0.3) is 22.4 Å². The summed E-state index contributed by atoms with van der Waals surface area (Å²) in [5, 5.41) is 5.11. The average molecular weight is 493 g/mol. The van der Waals surface area contributed by atoms with E-state index in [1.54, 1.807) is 12.1 Å². The highest BCUT2D eigenvalue weighted by atomic mass is 35.5. The number of rotatable bonds is 4. The molecule has 1 aliphatic carbocycles. The number of thiazole rings is 1. The molecular weight excluding hydrogens is 477 g/mol. The molecule has 2 atom stereocenters. The summed E-state index contributed by atoms with van der Waals surface area (Å²) in [6, 6.07) is 11.1. The van der Waals surface area contributed by atoms with Crippen LogP contribution in [0.3, 0.4) is 0 Å². The van der Waals surface area contributed by atoms with Crippen molar-refractivity contribution in [1.82, 2.24) is 14.6 Å². The van der Waals surface area contributed by atoms with Gasteiger partial charge in [-0.15, -0.1) is 5.10 Å². The van der Waals surface area contributed by atoms with Gasteiger partial charge in [-0.2, -0.15) is 4.52 Å². The Balaban J connectivity index is 1.47. The van der Waals surface area contributed by atoms with Gasteiger partial charge >= 0.3 is 0 Å². The normalized spacial score (nSPS) is 20.4. The van der Waals surface area contributed by atoms with Crippen molar-refractivity contribution in [3.05, 3.63) is 78.5 Å². The third kappa shape index (κ3) is 3.72. The zero-order valence-electron chi connectivity index (χ0n) is 16.5. The number of fused-ring (bicyclic) bond motifs is 1. The molecule has 158 valence electrons. The molecule has 0 N–H and O–H groups in total. The molecule has 0 bridgehead atoms. The summed E-state index contributed by atoms with van der Waals surface area (Å²) in [4.78, 5) is 18.0. The van der Waals surface area contributed by atoms with Crippen LogP contribution in [0, 0.1) is 11.3 Å². The van der Waals surface area contributed by atoms with E-state index in [-0.39, 0.29) is 27.3 Å². The van der Waals surface area contributed by atoms with E-state index in [0.717, 1.165) is 5.56 Å². The van der Waals surface area contributed by atoms with Gasteiger partial charge in [0.15, 0.2) is 5.82 Å². The van der Waals surface area contributed by atoms with Crippen molar-refractivity contribution < 1.29 is 4.42 Å². The van der Waals surface area contributed by atoms with E-state index in [1.807, 2.05) is 36.4 Å². The minimum Gasteiger partial charge on any atom is -0.457 e. The highest BCUT2D eigenvalue weighted by Crippen LogP contribution is 2.64. The van der Waals surface area contributed by atoms with E-state index in [1.165, 1.54) is 15.9 Å². The molecule has 1 aliphatic rings. The van der Waals surface area contributed by atoms with Gasteiger partial charge in [-0.3, -0.25) is 4.79 Å². The van der Waals surface area contributed by atoms with Crippen LogP contribution in [-0.4, -0.2) is 14.6 Å². The Morgan fingerprint density at radius 3 is 2.77 bits per heavy atom. The SMILES string of the molecule is CC1(C)C(C=C(Cl)Cl)C1c1nc2s/c(=C/c3ccc(-c4cccc(Cl)c4)o3)c(=O)n2n1. The van der Waals surface area contributed by atoms with Crippen LogP contribution < -0.4 is 10.1 Å². The monoisotopic (exact) mass is 491 g/mol. The van der Waals surface area contributed by atoms with E-state index in [9.17, 15) is 4.79 Å². The Bertz CT molecular complexity index is 1450. The summed E-state index contributed by atoms with van der Waals surface area (Å²) in [6.07, 6.45) is 3.52. The van der Waals surface area contributed by atoms with E-state index in [4.69, 9.17) is 39.2 Å². The first-order chi connectivity index (χ1) is 14.7. The molecule has 5 nitrogen and oxygen atoms in total. The predicted octanol–water partition coefficient (Wildman–Crippen LogP) is 5.67. The largest absolute Gasteiger partial charge is 0.457 e. The maximum atomic E-state index is 12.9. The number of hydrogen-bond acceptors (Lipinski definition) is 5. The number of furan rings is 1. The molecule has 0 radical (unpaired) electrons. The Morgan fingerprint density at radius 1 is 1.26 bits per heavy atom. The van der Waals surface area contributed by atoms with Gasteiger partial charge in [0.2, 0.25) is 4.96 Å². The summed E-state index contributed by atoms with van der Waals surface area (Å²) in [5.74, 6) is 2.10. The molecule has 1 aromatic carbocycles. The highest BCUT2D eigenvalue weighted by molar-refractivity contribution is 7.15. The van der Waals surface area contributed by atoms with Gasteiger partial charge in [0.05, 0.1) is 0 Å². The number of benzene rings is 1. The summed E-state index contributed by atoms with van der Waals surface area (Å²) in [5.41, 5.74) is 0.587. The molecule has 1 saturated carbocycles. The Hall–Kier alpha value is -2.12. The molecule has 0 aliphatic heterocycles. The summed E-state index contributed by atoms with van der Waals surface area (Å²) < 4.78 is 7.97. The second-order valence-corrected chi connectivity index (χ2v) is 10.5. The lowest BCUT2D eigenvalue weighted by atomic mass is 10.1. The van der Waals surface area contributed by atoms with Crippen LogP contribution in [-0.2, 0) is 0 Å². The van der Waals surface area contributed by atoms with Gasteiger partial charge in [0.1, 0.15) is 20.5 Å². The maximum Gasteiger partial charge on any atom is 0.291 e. The fourth-order valence-electron chi connectivity index (χ4n) is 3.95. The zero-order valence-corrected chi connectivity index (χ0v) is 19.6. The number of allylic oxidation sites excluding steroid dienone is 1. The van der Waals surface area contributed by atoms with Gasteiger partial charge in [0.25, 0.3) is 5.56 Å². The fraction of sp³-hybridized carbons (Fsp3) is 0.227. The van der Waals surface area contributed by atoms with E-state index < -0.39 is 0 Å². The van der Waals surface area contributed by atoms with Crippen LogP contribution in [0.4, 0.5) is 0 Å². The quantitative estimate of drug-likeness (QED) is 0.368. The van der Waals surface area contributed by atoms with E-state index in [0.29, 0.717) is 31.9 Å². The third-order valence-corrected chi connectivity index (χ3v) is 7.15. The zero-order chi connectivity index (χ0) is 21.9. The summed E-state index contributed by atoms with van der Waals surface area (Å²) >= 11 is 19.0. The maximum absolute atomic E-state index is 12.9. The summed E-state index contributed by atoms with van der Waals surface area (Å²) in [7, 11) is 0. The molecule has 4 aromatic rings. The second kappa shape index (κ2) is 7.48. The molecule has 9 heteroatoms. The Kier molecular flexibility index (Phi) is 5.01. The molecule has 0 spiro atoms. The van der Waals surface area contributed by atoms with Crippen molar-refractivity contribution >= 4 is 57.2 Å². The van der Waals surface area contributed by atoms with Crippen molar-refractivity contribution in [2.75, 3.05) is 0 Å². The van der Waals surface area contributed by atoms with Crippen molar-refractivity contribution in [2.24, 2.45) is 11.3 Å². The van der Waals surface area contributed by atoms with Gasteiger partial charge < -0.3 is 4.42 Å². The van der Waals surface area contributed by atoms with Crippen LogP contribution in [0.2, 0.25) is 5.02 Å². The smallest absolute Gasteiger partial charge is 0.291 e. The Morgan fingerprint density at radius 2 is 2.06 bits per heavy atom. The first kappa shape index (κ1) is 20.8. The predicted molar refractivity (Wildman–Crippen MR) is 125 cm³/mol. The van der Waals surface area contributed by atoms with Gasteiger partial charge in [-0.05, 0) is 41.7 Å². The van der Waals surface area contributed by atoms with Gasteiger partial charge in [0, 0.05) is 22.6 Å². The molecule has 3 aromatic heterocycles. The molecule has 31 heavy (non-hydrogen) atoms. The molecular formula is C22H16Cl3N3O2S. The minimum absolute atomic E-state index is 0.0605. The first-order valence-corrected chi connectivity index (χ1v) is 11.5. The number of halogens is 3. The lowest BCUT2D eigenvalue weighted by Crippen LogP contribution is -2.23. The van der Waals surface area contributed by atoms with Crippen molar-refractivity contribution in [3.63, 3.8) is 0 Å². The highest BCUT2D eigenvalue weighted by Gasteiger charge is 2.59. The number of aromatic nitrogens is 3. The summed E-state index contributed by atoms with van der Waals surface area (Å²) in [6.45, 7) is 4.22.